The second kappa shape index (κ2) is 25.5. The first-order valence-electron chi connectivity index (χ1n) is 7.86. The van der Waals surface area contributed by atoms with Crippen LogP contribution in [0.3, 0.4) is 0 Å². The van der Waals surface area contributed by atoms with Crippen LogP contribution in [-0.2, 0) is 21.7 Å². The van der Waals surface area contributed by atoms with Crippen LogP contribution in [0.15, 0.2) is 0 Å². The molecule has 0 aromatic carbocycles. The van der Waals surface area contributed by atoms with E-state index >= 15 is 0 Å². The van der Waals surface area contributed by atoms with E-state index < -0.39 is 0 Å². The van der Waals surface area contributed by atoms with Crippen molar-refractivity contribution in [2.75, 3.05) is 39.3 Å². The van der Waals surface area contributed by atoms with Crippen LogP contribution >= 0.6 is 0 Å². The summed E-state index contributed by atoms with van der Waals surface area (Å²) in [5.74, 6) is 1.40. The zero-order valence-electron chi connectivity index (χ0n) is 14.6. The molecule has 0 aliphatic heterocycles. The molecule has 0 saturated heterocycles. The van der Waals surface area contributed by atoms with Crippen molar-refractivity contribution in [1.29, 1.82) is 0 Å². The summed E-state index contributed by atoms with van der Waals surface area (Å²) in [6.45, 7) is 16.0. The van der Waals surface area contributed by atoms with E-state index in [0.717, 1.165) is 45.7 Å². The molecule has 0 aromatic rings. The van der Waals surface area contributed by atoms with E-state index in [-0.39, 0.29) is 21.7 Å². The fourth-order valence-corrected chi connectivity index (χ4v) is 1.39. The summed E-state index contributed by atoms with van der Waals surface area (Å²) in [7, 11) is 0. The molecule has 0 unspecified atom stereocenters. The molecule has 0 bridgehead atoms. The fourth-order valence-electron chi connectivity index (χ4n) is 1.39. The molecule has 1 aliphatic rings. The van der Waals surface area contributed by atoms with Gasteiger partial charge in [0.05, 0.1) is 0 Å². The predicted molar refractivity (Wildman–Crippen MR) is 92.7 cm³/mol. The number of nitrogens with zero attached hydrogens (tertiary/aromatic N) is 3. The van der Waals surface area contributed by atoms with Crippen molar-refractivity contribution in [3.63, 3.8) is 0 Å². The van der Waals surface area contributed by atoms with Crippen LogP contribution in [0.2, 0.25) is 0 Å². The van der Waals surface area contributed by atoms with Crippen molar-refractivity contribution in [3.05, 3.63) is 47.6 Å². The van der Waals surface area contributed by atoms with E-state index in [1.54, 1.807) is 0 Å². The van der Waals surface area contributed by atoms with E-state index in [4.69, 9.17) is 0 Å². The Labute approximate surface area is 149 Å². The Kier molecular flexibility index (Phi) is 32.2. The van der Waals surface area contributed by atoms with Gasteiger partial charge in [0.15, 0.2) is 0 Å². The minimum Gasteiger partial charge on any atom is -0.663 e. The van der Waals surface area contributed by atoms with E-state index in [1.165, 1.54) is 5.92 Å². The van der Waals surface area contributed by atoms with E-state index in [9.17, 15) is 0 Å². The van der Waals surface area contributed by atoms with Crippen molar-refractivity contribution in [2.45, 2.75) is 41.0 Å². The van der Waals surface area contributed by atoms with Crippen molar-refractivity contribution < 1.29 is 21.7 Å². The minimum absolute atomic E-state index is 0. The third-order valence-electron chi connectivity index (χ3n) is 2.41. The van der Waals surface area contributed by atoms with E-state index in [0.29, 0.717) is 0 Å². The summed E-state index contributed by atoms with van der Waals surface area (Å²) in [4.78, 5) is 0. The molecule has 1 fully saturated rings. The normalized spacial score (nSPS) is 13.6. The summed E-state index contributed by atoms with van der Waals surface area (Å²) in [5, 5.41) is 12.2. The Bertz CT molecular complexity index is 141. The molecule has 0 heterocycles. The monoisotopic (exact) mass is 327 g/mol. The first kappa shape index (κ1) is 26.5. The standard InChI is InChI=1S/C9H13N.2C4H10N.Ti/c1-2-10-8-7-9-5-3-4-6-9;2*1-3-5-4-2;/h3-6H,2,7-8H2,1H3;2*3-4H2,1-2H3;/q3*-1;+4. The van der Waals surface area contributed by atoms with Gasteiger partial charge in [-0.1, -0.05) is 41.0 Å². The zero-order valence-corrected chi connectivity index (χ0v) is 16.2. The second-order valence-electron chi connectivity index (χ2n) is 4.02. The molecule has 0 amide bonds. The van der Waals surface area contributed by atoms with Crippen LogP contribution in [0.1, 0.15) is 41.0 Å². The van der Waals surface area contributed by atoms with Gasteiger partial charge in [-0.15, -0.1) is 6.54 Å². The molecule has 0 atom stereocenters. The van der Waals surface area contributed by atoms with Gasteiger partial charge in [-0.05, 0) is 31.6 Å². The van der Waals surface area contributed by atoms with Gasteiger partial charge in [-0.2, -0.15) is 32.7 Å². The quantitative estimate of drug-likeness (QED) is 0.446. The Balaban J connectivity index is -0.000000254. The van der Waals surface area contributed by atoms with Crippen LogP contribution < -0.4 is 0 Å². The van der Waals surface area contributed by atoms with Crippen molar-refractivity contribution >= 4 is 0 Å². The Hall–Kier alpha value is 0.594. The Morgan fingerprint density at radius 1 is 0.667 bits per heavy atom. The molecule has 0 aromatic heterocycles. The van der Waals surface area contributed by atoms with Gasteiger partial charge in [0.1, 0.15) is 0 Å². The molecule has 119 valence electrons. The molecule has 0 N–H and O–H groups in total. The maximum Gasteiger partial charge on any atom is 4.00 e. The molecule has 3 nitrogen and oxygen atoms in total. The summed E-state index contributed by atoms with van der Waals surface area (Å²) >= 11 is 0. The zero-order chi connectivity index (χ0) is 15.5. The van der Waals surface area contributed by atoms with Crippen LogP contribution in [0.5, 0.6) is 0 Å². The smallest absolute Gasteiger partial charge is 0.663 e. The van der Waals surface area contributed by atoms with E-state index in [1.807, 2.05) is 27.7 Å². The number of hydrogen-bond acceptors (Lipinski definition) is 0. The predicted octanol–water partition coefficient (Wildman–Crippen LogP) is 4.97. The average molecular weight is 327 g/mol. The summed E-state index contributed by atoms with van der Waals surface area (Å²) < 4.78 is 0. The van der Waals surface area contributed by atoms with Gasteiger partial charge in [0.2, 0.25) is 0 Å². The maximum atomic E-state index is 4.25. The molecule has 1 aliphatic carbocycles. The second-order valence-corrected chi connectivity index (χ2v) is 4.02. The number of hydrogen-bond donors (Lipinski definition) is 0. The fraction of sp³-hybridized carbons (Fsp3) is 0.706. The minimum atomic E-state index is 0. The maximum absolute atomic E-state index is 4.25. The Morgan fingerprint density at radius 2 is 1.05 bits per heavy atom. The molecule has 1 saturated carbocycles. The van der Waals surface area contributed by atoms with Crippen LogP contribution in [0.4, 0.5) is 0 Å². The van der Waals surface area contributed by atoms with Gasteiger partial charge in [0, 0.05) is 0 Å². The SMILES string of the molecule is CC[N-]CC.CC[N-]CC.CC[N-]CC[C]1[CH][CH][CH][CH]1.[Ti+4]. The topological polar surface area (TPSA) is 42.3 Å². The molecule has 5 radical (unpaired) electrons. The van der Waals surface area contributed by atoms with Gasteiger partial charge in [-0.25, -0.2) is 0 Å². The molecule has 1 rings (SSSR count). The third kappa shape index (κ3) is 25.9. The number of rotatable bonds is 8. The van der Waals surface area contributed by atoms with Crippen LogP contribution in [-0.4, -0.2) is 39.3 Å². The molecule has 21 heavy (non-hydrogen) atoms. The molecule has 0 spiro atoms. The summed E-state index contributed by atoms with van der Waals surface area (Å²) in [6, 6.07) is 0. The van der Waals surface area contributed by atoms with Gasteiger partial charge >= 0.3 is 21.7 Å². The Morgan fingerprint density at radius 3 is 1.33 bits per heavy atom. The summed E-state index contributed by atoms with van der Waals surface area (Å²) in [5.41, 5.74) is 0. The van der Waals surface area contributed by atoms with E-state index in [2.05, 4.69) is 48.6 Å². The average Bonchev–Trinajstić information content (AvgIpc) is 2.96. The van der Waals surface area contributed by atoms with Gasteiger partial charge in [-0.3, -0.25) is 0 Å². The van der Waals surface area contributed by atoms with Crippen molar-refractivity contribution in [3.8, 4) is 0 Å². The summed E-state index contributed by atoms with van der Waals surface area (Å²) in [6.07, 6.45) is 9.53. The van der Waals surface area contributed by atoms with Crippen LogP contribution in [0.25, 0.3) is 16.0 Å². The van der Waals surface area contributed by atoms with Crippen molar-refractivity contribution in [1.82, 2.24) is 0 Å². The first-order valence-corrected chi connectivity index (χ1v) is 7.86. The molecular formula is C17H33N3Ti+. The molecular weight excluding hydrogens is 294 g/mol. The van der Waals surface area contributed by atoms with Gasteiger partial charge < -0.3 is 16.0 Å². The van der Waals surface area contributed by atoms with Gasteiger partial charge in [0.25, 0.3) is 0 Å². The first-order chi connectivity index (χ1) is 9.76. The van der Waals surface area contributed by atoms with Crippen molar-refractivity contribution in [2.24, 2.45) is 0 Å². The van der Waals surface area contributed by atoms with Crippen LogP contribution in [0, 0.1) is 31.6 Å². The largest absolute Gasteiger partial charge is 4.00 e. The molecule has 4 heteroatoms. The third-order valence-corrected chi connectivity index (χ3v) is 2.41.